The molecule has 0 aromatic rings. The molecule has 0 saturated heterocycles. The van der Waals surface area contributed by atoms with Crippen LogP contribution in [0.15, 0.2) is 23.9 Å². The smallest absolute Gasteiger partial charge is 0.149 e. The third kappa shape index (κ3) is 2.34. The van der Waals surface area contributed by atoms with Gasteiger partial charge in [0.2, 0.25) is 0 Å². The highest BCUT2D eigenvalue weighted by molar-refractivity contribution is 5.30. The summed E-state index contributed by atoms with van der Waals surface area (Å²) in [7, 11) is 0. The molecule has 4 bridgehead atoms. The van der Waals surface area contributed by atoms with Crippen LogP contribution in [0.5, 0.6) is 0 Å². The van der Waals surface area contributed by atoms with Crippen LogP contribution >= 0.6 is 0 Å². The van der Waals surface area contributed by atoms with Gasteiger partial charge < -0.3 is 11.5 Å². The van der Waals surface area contributed by atoms with Gasteiger partial charge >= 0.3 is 0 Å². The van der Waals surface area contributed by atoms with E-state index in [4.69, 9.17) is 11.5 Å². The second-order valence-electron chi connectivity index (χ2n) is 8.37. The molecule has 0 aromatic heterocycles. The Labute approximate surface area is 126 Å². The Bertz CT molecular complexity index is 460. The van der Waals surface area contributed by atoms with Crippen molar-refractivity contribution in [1.82, 2.24) is 0 Å². The number of alkyl halides is 1. The molecule has 21 heavy (non-hydrogen) atoms. The summed E-state index contributed by atoms with van der Waals surface area (Å²) >= 11 is 0. The molecule has 0 amide bonds. The lowest BCUT2D eigenvalue weighted by Gasteiger charge is -2.57. The van der Waals surface area contributed by atoms with Gasteiger partial charge in [0.05, 0.1) is 6.04 Å². The predicted octanol–water partition coefficient (Wildman–Crippen LogP) is 3.43. The summed E-state index contributed by atoms with van der Waals surface area (Å²) in [6, 6.07) is -0.543. The minimum atomic E-state index is -1.44. The molecular weight excluding hydrogens is 263 g/mol. The third-order valence-corrected chi connectivity index (χ3v) is 6.66. The van der Waals surface area contributed by atoms with E-state index < -0.39 is 11.7 Å². The lowest BCUT2D eigenvalue weighted by Crippen LogP contribution is -2.48. The molecule has 4 N–H and O–H groups in total. The maximum atomic E-state index is 15.2. The standard InChI is InChI=1S/C18H27FN2/c19-18(11-15(20)1-2-16(18)21)4-3-17-8-12-5-13(9-17)7-14(6-12)10-17/h1-2,11-14,16H,3-10,20-21H2. The fraction of sp³-hybridized carbons (Fsp3) is 0.778. The van der Waals surface area contributed by atoms with Gasteiger partial charge in [0, 0.05) is 5.70 Å². The highest BCUT2D eigenvalue weighted by Gasteiger charge is 2.51. The molecule has 3 heteroatoms. The maximum Gasteiger partial charge on any atom is 0.149 e. The Kier molecular flexibility index (Phi) is 3.01. The zero-order chi connectivity index (χ0) is 14.7. The first-order chi connectivity index (χ1) is 9.96. The van der Waals surface area contributed by atoms with Crippen LogP contribution < -0.4 is 11.5 Å². The summed E-state index contributed by atoms with van der Waals surface area (Å²) in [5.41, 5.74) is 11.3. The third-order valence-electron chi connectivity index (χ3n) is 6.66. The topological polar surface area (TPSA) is 52.0 Å². The van der Waals surface area contributed by atoms with Crippen molar-refractivity contribution in [3.63, 3.8) is 0 Å². The zero-order valence-electron chi connectivity index (χ0n) is 12.7. The summed E-state index contributed by atoms with van der Waals surface area (Å²) in [6.45, 7) is 0. The molecule has 2 atom stereocenters. The van der Waals surface area contributed by atoms with Crippen LogP contribution in [0, 0.1) is 23.2 Å². The van der Waals surface area contributed by atoms with Gasteiger partial charge in [0.25, 0.3) is 0 Å². The van der Waals surface area contributed by atoms with E-state index in [-0.39, 0.29) is 0 Å². The number of hydrogen-bond acceptors (Lipinski definition) is 2. The molecule has 116 valence electrons. The first-order valence-corrected chi connectivity index (χ1v) is 8.57. The van der Waals surface area contributed by atoms with Gasteiger partial charge in [-0.15, -0.1) is 0 Å². The lowest BCUT2D eigenvalue weighted by atomic mass is 9.48. The molecule has 0 aromatic carbocycles. The SMILES string of the molecule is NC1=CC(F)(CCC23CC4CC(CC(C4)C2)C3)C(N)C=C1. The van der Waals surface area contributed by atoms with Gasteiger partial charge in [-0.25, -0.2) is 4.39 Å². The van der Waals surface area contributed by atoms with Crippen molar-refractivity contribution in [2.75, 3.05) is 0 Å². The minimum Gasteiger partial charge on any atom is -0.399 e. The Hall–Kier alpha value is -0.830. The van der Waals surface area contributed by atoms with Crippen molar-refractivity contribution in [2.24, 2.45) is 34.6 Å². The van der Waals surface area contributed by atoms with Crippen LogP contribution in [-0.4, -0.2) is 11.7 Å². The number of halogens is 1. The van der Waals surface area contributed by atoms with Gasteiger partial charge in [-0.2, -0.15) is 0 Å². The molecule has 5 rings (SSSR count). The van der Waals surface area contributed by atoms with Crippen LogP contribution in [0.25, 0.3) is 0 Å². The first kappa shape index (κ1) is 13.8. The molecular formula is C18H27FN2. The average molecular weight is 290 g/mol. The molecule has 5 aliphatic rings. The van der Waals surface area contributed by atoms with Crippen LogP contribution in [-0.2, 0) is 0 Å². The van der Waals surface area contributed by atoms with E-state index in [1.165, 1.54) is 38.5 Å². The van der Waals surface area contributed by atoms with Crippen LogP contribution in [0.3, 0.4) is 0 Å². The monoisotopic (exact) mass is 290 g/mol. The van der Waals surface area contributed by atoms with Crippen molar-refractivity contribution < 1.29 is 4.39 Å². The molecule has 2 nitrogen and oxygen atoms in total. The van der Waals surface area contributed by atoms with E-state index in [9.17, 15) is 0 Å². The fourth-order valence-electron chi connectivity index (χ4n) is 6.09. The van der Waals surface area contributed by atoms with Crippen molar-refractivity contribution in [3.05, 3.63) is 23.9 Å². The predicted molar refractivity (Wildman–Crippen MR) is 83.1 cm³/mol. The maximum absolute atomic E-state index is 15.2. The summed E-state index contributed by atoms with van der Waals surface area (Å²) in [5, 5.41) is 0. The van der Waals surface area contributed by atoms with E-state index in [0.29, 0.717) is 17.5 Å². The van der Waals surface area contributed by atoms with Crippen LogP contribution in [0.4, 0.5) is 4.39 Å². The van der Waals surface area contributed by atoms with Crippen molar-refractivity contribution in [1.29, 1.82) is 0 Å². The summed E-state index contributed by atoms with van der Waals surface area (Å²) in [6.07, 6.45) is 14.8. The Morgan fingerprint density at radius 1 is 1.05 bits per heavy atom. The number of hydrogen-bond donors (Lipinski definition) is 2. The van der Waals surface area contributed by atoms with Gasteiger partial charge in [0.15, 0.2) is 0 Å². The molecule has 2 unspecified atom stereocenters. The molecule has 4 fully saturated rings. The second-order valence-corrected chi connectivity index (χ2v) is 8.37. The van der Waals surface area contributed by atoms with E-state index in [1.807, 2.05) is 0 Å². The first-order valence-electron chi connectivity index (χ1n) is 8.57. The minimum absolute atomic E-state index is 0.414. The largest absolute Gasteiger partial charge is 0.399 e. The quantitative estimate of drug-likeness (QED) is 0.836. The second kappa shape index (κ2) is 4.58. The molecule has 0 heterocycles. The van der Waals surface area contributed by atoms with Crippen molar-refractivity contribution >= 4 is 0 Å². The molecule has 4 saturated carbocycles. The van der Waals surface area contributed by atoms with Crippen LogP contribution in [0.1, 0.15) is 51.4 Å². The van der Waals surface area contributed by atoms with Gasteiger partial charge in [-0.3, -0.25) is 0 Å². The highest BCUT2D eigenvalue weighted by atomic mass is 19.1. The van der Waals surface area contributed by atoms with Crippen molar-refractivity contribution in [2.45, 2.75) is 63.1 Å². The number of rotatable bonds is 3. The summed E-state index contributed by atoms with van der Waals surface area (Å²) in [4.78, 5) is 0. The van der Waals surface area contributed by atoms with Gasteiger partial charge in [-0.1, -0.05) is 6.08 Å². The normalized spacial score (nSPS) is 51.2. The molecule has 0 spiro atoms. The Morgan fingerprint density at radius 2 is 1.62 bits per heavy atom. The molecule has 5 aliphatic carbocycles. The summed E-state index contributed by atoms with van der Waals surface area (Å²) < 4.78 is 15.2. The number of nitrogens with two attached hydrogens (primary N) is 2. The Balaban J connectivity index is 1.48. The molecule has 0 radical (unpaired) electrons. The average Bonchev–Trinajstić information content (AvgIpc) is 2.40. The fourth-order valence-corrected chi connectivity index (χ4v) is 6.09. The molecule has 0 aliphatic heterocycles. The van der Waals surface area contributed by atoms with Crippen molar-refractivity contribution in [3.8, 4) is 0 Å². The van der Waals surface area contributed by atoms with Gasteiger partial charge in [-0.05, 0) is 86.7 Å². The summed E-state index contributed by atoms with van der Waals surface area (Å²) in [5.74, 6) is 2.77. The van der Waals surface area contributed by atoms with E-state index in [1.54, 1.807) is 18.2 Å². The lowest BCUT2D eigenvalue weighted by molar-refractivity contribution is -0.0634. The highest BCUT2D eigenvalue weighted by Crippen LogP contribution is 2.62. The van der Waals surface area contributed by atoms with E-state index in [2.05, 4.69) is 0 Å². The van der Waals surface area contributed by atoms with E-state index >= 15 is 4.39 Å². The number of allylic oxidation sites excluding steroid dienone is 1. The van der Waals surface area contributed by atoms with Gasteiger partial charge in [0.1, 0.15) is 5.67 Å². The van der Waals surface area contributed by atoms with Crippen LogP contribution in [0.2, 0.25) is 0 Å². The van der Waals surface area contributed by atoms with E-state index in [0.717, 1.165) is 24.2 Å². The zero-order valence-corrected chi connectivity index (χ0v) is 12.7. The Morgan fingerprint density at radius 3 is 2.19 bits per heavy atom.